The fraction of sp³-hybridized carbons (Fsp3) is 1.00. The maximum Gasteiger partial charge on any atom is 0.0897 e. The number of aliphatic hydroxyl groups excluding tert-OH is 1. The number of hydrogen-bond acceptors (Lipinski definition) is 5. The molecule has 0 radical (unpaired) electrons. The van der Waals surface area contributed by atoms with E-state index in [1.54, 1.807) is 0 Å². The van der Waals surface area contributed by atoms with Gasteiger partial charge in [-0.05, 0) is 26.2 Å². The standard InChI is InChI=1S/C16H34N2O3/c1-13(2)9-15(4)21-12-16(19)10-17-14(3)11-18-5-7-20-8-6-18/h13-17,19H,5-12H2,1-4H3. The molecule has 2 N–H and O–H groups in total. The first-order valence-corrected chi connectivity index (χ1v) is 8.30. The Labute approximate surface area is 130 Å². The van der Waals surface area contributed by atoms with Gasteiger partial charge in [0.25, 0.3) is 0 Å². The molecule has 3 unspecified atom stereocenters. The third-order valence-corrected chi connectivity index (χ3v) is 3.71. The molecule has 1 aliphatic heterocycles. The summed E-state index contributed by atoms with van der Waals surface area (Å²) in [7, 11) is 0. The Hall–Kier alpha value is -0.200. The lowest BCUT2D eigenvalue weighted by molar-refractivity contribution is -0.0101. The average molecular weight is 302 g/mol. The van der Waals surface area contributed by atoms with Crippen molar-refractivity contribution in [2.24, 2.45) is 5.92 Å². The Kier molecular flexibility index (Phi) is 9.44. The second-order valence-corrected chi connectivity index (χ2v) is 6.65. The molecule has 1 rings (SSSR count). The van der Waals surface area contributed by atoms with E-state index in [-0.39, 0.29) is 6.10 Å². The predicted octanol–water partition coefficient (Wildman–Crippen LogP) is 1.11. The summed E-state index contributed by atoms with van der Waals surface area (Å²) in [4.78, 5) is 2.40. The highest BCUT2D eigenvalue weighted by molar-refractivity contribution is 4.72. The van der Waals surface area contributed by atoms with Crippen LogP contribution >= 0.6 is 0 Å². The Bertz CT molecular complexity index is 258. The van der Waals surface area contributed by atoms with Gasteiger partial charge in [-0.3, -0.25) is 4.90 Å². The van der Waals surface area contributed by atoms with Gasteiger partial charge < -0.3 is 19.9 Å². The highest BCUT2D eigenvalue weighted by atomic mass is 16.5. The van der Waals surface area contributed by atoms with Gasteiger partial charge in [-0.25, -0.2) is 0 Å². The molecule has 1 fully saturated rings. The largest absolute Gasteiger partial charge is 0.389 e. The summed E-state index contributed by atoms with van der Waals surface area (Å²) < 4.78 is 11.0. The fourth-order valence-corrected chi connectivity index (χ4v) is 2.64. The number of rotatable bonds is 10. The zero-order valence-electron chi connectivity index (χ0n) is 14.2. The summed E-state index contributed by atoms with van der Waals surface area (Å²) in [5.41, 5.74) is 0. The van der Waals surface area contributed by atoms with Crippen LogP contribution in [0.1, 0.15) is 34.1 Å². The van der Waals surface area contributed by atoms with Gasteiger partial charge in [0.15, 0.2) is 0 Å². The van der Waals surface area contributed by atoms with Crippen LogP contribution in [0.5, 0.6) is 0 Å². The predicted molar refractivity (Wildman–Crippen MR) is 85.6 cm³/mol. The van der Waals surface area contributed by atoms with Gasteiger partial charge in [-0.15, -0.1) is 0 Å². The highest BCUT2D eigenvalue weighted by Crippen LogP contribution is 2.07. The summed E-state index contributed by atoms with van der Waals surface area (Å²) in [6, 6.07) is 0.367. The maximum absolute atomic E-state index is 9.97. The lowest BCUT2D eigenvalue weighted by Gasteiger charge is -2.29. The molecule has 0 bridgehead atoms. The van der Waals surface area contributed by atoms with Gasteiger partial charge in [-0.1, -0.05) is 13.8 Å². The monoisotopic (exact) mass is 302 g/mol. The molecule has 0 aromatic rings. The van der Waals surface area contributed by atoms with E-state index in [2.05, 4.69) is 37.9 Å². The van der Waals surface area contributed by atoms with Crippen LogP contribution in [0.15, 0.2) is 0 Å². The lowest BCUT2D eigenvalue weighted by Crippen LogP contribution is -2.46. The van der Waals surface area contributed by atoms with E-state index in [0.717, 1.165) is 39.3 Å². The summed E-state index contributed by atoms with van der Waals surface area (Å²) >= 11 is 0. The van der Waals surface area contributed by atoms with Crippen molar-refractivity contribution >= 4 is 0 Å². The second-order valence-electron chi connectivity index (χ2n) is 6.65. The summed E-state index contributed by atoms with van der Waals surface area (Å²) in [5, 5.41) is 13.3. The van der Waals surface area contributed by atoms with E-state index >= 15 is 0 Å². The summed E-state index contributed by atoms with van der Waals surface area (Å²) in [6.07, 6.45) is 0.810. The lowest BCUT2D eigenvalue weighted by atomic mass is 10.1. The Morgan fingerprint density at radius 1 is 1.19 bits per heavy atom. The van der Waals surface area contributed by atoms with E-state index < -0.39 is 6.10 Å². The van der Waals surface area contributed by atoms with Crippen molar-refractivity contribution in [1.82, 2.24) is 10.2 Å². The quantitative estimate of drug-likeness (QED) is 0.633. The van der Waals surface area contributed by atoms with Crippen molar-refractivity contribution in [2.45, 2.75) is 52.4 Å². The normalized spacial score (nSPS) is 21.4. The number of ether oxygens (including phenoxy) is 2. The molecule has 0 aromatic heterocycles. The van der Waals surface area contributed by atoms with Crippen molar-refractivity contribution in [1.29, 1.82) is 0 Å². The number of nitrogens with one attached hydrogen (secondary N) is 1. The van der Waals surface area contributed by atoms with Gasteiger partial charge in [0.05, 0.1) is 32.0 Å². The molecular weight excluding hydrogens is 268 g/mol. The smallest absolute Gasteiger partial charge is 0.0897 e. The van der Waals surface area contributed by atoms with Gasteiger partial charge in [0, 0.05) is 32.2 Å². The van der Waals surface area contributed by atoms with Crippen LogP contribution in [-0.2, 0) is 9.47 Å². The van der Waals surface area contributed by atoms with Gasteiger partial charge in [0.2, 0.25) is 0 Å². The summed E-state index contributed by atoms with van der Waals surface area (Å²) in [6.45, 7) is 14.3. The third-order valence-electron chi connectivity index (χ3n) is 3.71. The van der Waals surface area contributed by atoms with Gasteiger partial charge in [0.1, 0.15) is 0 Å². The van der Waals surface area contributed by atoms with Crippen molar-refractivity contribution in [3.8, 4) is 0 Å². The molecule has 1 saturated heterocycles. The molecule has 21 heavy (non-hydrogen) atoms. The van der Waals surface area contributed by atoms with Crippen LogP contribution in [0, 0.1) is 5.92 Å². The Balaban J connectivity index is 2.06. The summed E-state index contributed by atoms with van der Waals surface area (Å²) in [5.74, 6) is 0.629. The van der Waals surface area contributed by atoms with Crippen molar-refractivity contribution in [2.75, 3.05) is 46.0 Å². The van der Waals surface area contributed by atoms with Crippen LogP contribution in [0.4, 0.5) is 0 Å². The van der Waals surface area contributed by atoms with Crippen molar-refractivity contribution in [3.05, 3.63) is 0 Å². The molecule has 3 atom stereocenters. The molecule has 126 valence electrons. The molecule has 5 heteroatoms. The van der Waals surface area contributed by atoms with Crippen LogP contribution in [0.3, 0.4) is 0 Å². The molecule has 0 aliphatic carbocycles. The van der Waals surface area contributed by atoms with Crippen LogP contribution in [-0.4, -0.2) is 74.3 Å². The first-order valence-electron chi connectivity index (χ1n) is 8.30. The van der Waals surface area contributed by atoms with Crippen LogP contribution < -0.4 is 5.32 Å². The average Bonchev–Trinajstić information content (AvgIpc) is 2.43. The first-order chi connectivity index (χ1) is 9.97. The van der Waals surface area contributed by atoms with Gasteiger partial charge >= 0.3 is 0 Å². The molecule has 5 nitrogen and oxygen atoms in total. The topological polar surface area (TPSA) is 54.0 Å². The second kappa shape index (κ2) is 10.5. The Morgan fingerprint density at radius 3 is 2.48 bits per heavy atom. The van der Waals surface area contributed by atoms with E-state index in [0.29, 0.717) is 25.1 Å². The molecule has 1 aliphatic rings. The highest BCUT2D eigenvalue weighted by Gasteiger charge is 2.15. The van der Waals surface area contributed by atoms with Crippen LogP contribution in [0.2, 0.25) is 0 Å². The zero-order chi connectivity index (χ0) is 15.7. The number of nitrogens with zero attached hydrogens (tertiary/aromatic N) is 1. The Morgan fingerprint density at radius 2 is 1.86 bits per heavy atom. The fourth-order valence-electron chi connectivity index (χ4n) is 2.64. The van der Waals surface area contributed by atoms with E-state index in [1.165, 1.54) is 0 Å². The number of hydrogen-bond donors (Lipinski definition) is 2. The van der Waals surface area contributed by atoms with E-state index in [9.17, 15) is 5.11 Å². The van der Waals surface area contributed by atoms with Crippen molar-refractivity contribution in [3.63, 3.8) is 0 Å². The molecule has 0 saturated carbocycles. The molecule has 0 spiro atoms. The van der Waals surface area contributed by atoms with E-state index in [1.807, 2.05) is 0 Å². The molecule has 1 heterocycles. The van der Waals surface area contributed by atoms with Gasteiger partial charge in [-0.2, -0.15) is 0 Å². The molecular formula is C16H34N2O3. The molecule has 0 aromatic carbocycles. The van der Waals surface area contributed by atoms with Crippen molar-refractivity contribution < 1.29 is 14.6 Å². The number of aliphatic hydroxyl groups is 1. The molecule has 0 amide bonds. The SMILES string of the molecule is CC(C)CC(C)OCC(O)CNC(C)CN1CCOCC1. The minimum absolute atomic E-state index is 0.213. The zero-order valence-corrected chi connectivity index (χ0v) is 14.2. The first kappa shape index (κ1) is 18.8. The minimum Gasteiger partial charge on any atom is -0.389 e. The van der Waals surface area contributed by atoms with Crippen LogP contribution in [0.25, 0.3) is 0 Å². The third kappa shape index (κ3) is 9.42. The minimum atomic E-state index is -0.438. The maximum atomic E-state index is 9.97. The van der Waals surface area contributed by atoms with E-state index in [4.69, 9.17) is 9.47 Å². The number of morpholine rings is 1.